The Kier molecular flexibility index (Phi) is 5.74. The van der Waals surface area contributed by atoms with Gasteiger partial charge < -0.3 is 4.90 Å². The van der Waals surface area contributed by atoms with E-state index in [9.17, 15) is 13.2 Å². The van der Waals surface area contributed by atoms with E-state index in [4.69, 9.17) is 0 Å². The van der Waals surface area contributed by atoms with E-state index < -0.39 is 9.84 Å². The second kappa shape index (κ2) is 7.26. The van der Waals surface area contributed by atoms with Crippen molar-refractivity contribution >= 4 is 15.7 Å². The number of unbranched alkanes of at least 4 members (excludes halogenated alkanes) is 1. The molecule has 0 aromatic heterocycles. The fourth-order valence-corrected chi connectivity index (χ4v) is 4.81. The molecule has 0 N–H and O–H groups in total. The lowest BCUT2D eigenvalue weighted by Crippen LogP contribution is -2.41. The fourth-order valence-electron chi connectivity index (χ4n) is 3.08. The third kappa shape index (κ3) is 4.59. The number of benzene rings is 1. The second-order valence-corrected chi connectivity index (χ2v) is 9.97. The number of sulfone groups is 1. The first kappa shape index (κ1) is 19.0. The quantitative estimate of drug-likeness (QED) is 0.817. The van der Waals surface area contributed by atoms with E-state index in [1.54, 1.807) is 4.90 Å². The molecule has 1 saturated heterocycles. The number of carbonyl (C=O) groups excluding carboxylic acids is 1. The molecule has 1 aromatic rings. The highest BCUT2D eigenvalue weighted by Crippen LogP contribution is 2.24. The third-order valence-electron chi connectivity index (χ3n) is 4.66. The summed E-state index contributed by atoms with van der Waals surface area (Å²) in [6.07, 6.45) is 2.42. The average molecular weight is 352 g/mol. The predicted molar refractivity (Wildman–Crippen MR) is 98.1 cm³/mol. The molecule has 0 unspecified atom stereocenters. The van der Waals surface area contributed by atoms with Crippen molar-refractivity contribution in [2.45, 2.75) is 58.4 Å². The Morgan fingerprint density at radius 3 is 2.29 bits per heavy atom. The summed E-state index contributed by atoms with van der Waals surface area (Å²) in [7, 11) is -3.00. The van der Waals surface area contributed by atoms with Crippen LogP contribution in [0.25, 0.3) is 0 Å². The van der Waals surface area contributed by atoms with Crippen molar-refractivity contribution in [1.82, 2.24) is 4.90 Å². The molecule has 134 valence electrons. The van der Waals surface area contributed by atoms with Gasteiger partial charge in [0, 0.05) is 18.2 Å². The van der Waals surface area contributed by atoms with Crippen molar-refractivity contribution in [1.29, 1.82) is 0 Å². The summed E-state index contributed by atoms with van der Waals surface area (Å²) in [6, 6.07) is 7.54. The van der Waals surface area contributed by atoms with Crippen LogP contribution in [0.4, 0.5) is 0 Å². The Morgan fingerprint density at radius 2 is 1.83 bits per heavy atom. The largest absolute Gasteiger partial charge is 0.335 e. The average Bonchev–Trinajstić information content (AvgIpc) is 2.86. The summed E-state index contributed by atoms with van der Waals surface area (Å²) >= 11 is 0. The summed E-state index contributed by atoms with van der Waals surface area (Å²) in [4.78, 5) is 14.7. The van der Waals surface area contributed by atoms with Crippen LogP contribution in [0.2, 0.25) is 0 Å². The molecule has 5 heteroatoms. The highest BCUT2D eigenvalue weighted by molar-refractivity contribution is 7.91. The lowest BCUT2D eigenvalue weighted by atomic mass is 9.86. The van der Waals surface area contributed by atoms with Crippen molar-refractivity contribution in [2.75, 3.05) is 18.1 Å². The summed E-state index contributed by atoms with van der Waals surface area (Å²) in [5, 5.41) is 0. The molecule has 1 aliphatic heterocycles. The number of amides is 1. The molecule has 0 aliphatic carbocycles. The van der Waals surface area contributed by atoms with Gasteiger partial charge in [-0.3, -0.25) is 4.79 Å². The van der Waals surface area contributed by atoms with Crippen LogP contribution >= 0.6 is 0 Å². The summed E-state index contributed by atoms with van der Waals surface area (Å²) in [6.45, 7) is 9.12. The molecule has 4 nitrogen and oxygen atoms in total. The van der Waals surface area contributed by atoms with E-state index in [1.165, 1.54) is 5.56 Å². The minimum Gasteiger partial charge on any atom is -0.335 e. The summed E-state index contributed by atoms with van der Waals surface area (Å²) in [5.74, 6) is 0.241. The Hall–Kier alpha value is -1.36. The van der Waals surface area contributed by atoms with Gasteiger partial charge in [0.15, 0.2) is 9.84 Å². The predicted octanol–water partition coefficient (Wildman–Crippen LogP) is 3.41. The maximum atomic E-state index is 12.9. The van der Waals surface area contributed by atoms with Crippen molar-refractivity contribution in [3.63, 3.8) is 0 Å². The van der Waals surface area contributed by atoms with Gasteiger partial charge in [-0.25, -0.2) is 8.42 Å². The van der Waals surface area contributed by atoms with Crippen LogP contribution in [0.5, 0.6) is 0 Å². The molecule has 1 amide bonds. The lowest BCUT2D eigenvalue weighted by molar-refractivity contribution is 0.0694. The highest BCUT2D eigenvalue weighted by Gasteiger charge is 2.34. The maximum Gasteiger partial charge on any atom is 0.254 e. The SMILES string of the molecule is CCCCN(C(=O)c1ccc(C(C)(C)C)cc1)[C@H]1CCS(=O)(=O)C1. The molecule has 1 heterocycles. The molecule has 0 radical (unpaired) electrons. The number of rotatable bonds is 5. The van der Waals surface area contributed by atoms with Gasteiger partial charge in [0.2, 0.25) is 0 Å². The molecule has 0 bridgehead atoms. The number of carbonyl (C=O) groups is 1. The van der Waals surface area contributed by atoms with Crippen LogP contribution in [0.3, 0.4) is 0 Å². The molecule has 2 rings (SSSR count). The number of hydrogen-bond acceptors (Lipinski definition) is 3. The van der Waals surface area contributed by atoms with E-state index in [2.05, 4.69) is 27.7 Å². The lowest BCUT2D eigenvalue weighted by Gasteiger charge is -2.28. The number of nitrogens with zero attached hydrogens (tertiary/aromatic N) is 1. The molecule has 24 heavy (non-hydrogen) atoms. The topological polar surface area (TPSA) is 54.5 Å². The van der Waals surface area contributed by atoms with Gasteiger partial charge in [0.25, 0.3) is 5.91 Å². The van der Waals surface area contributed by atoms with E-state index >= 15 is 0 Å². The van der Waals surface area contributed by atoms with Gasteiger partial charge in [-0.2, -0.15) is 0 Å². The van der Waals surface area contributed by atoms with E-state index in [0.29, 0.717) is 18.5 Å². The van der Waals surface area contributed by atoms with Crippen LogP contribution < -0.4 is 0 Å². The zero-order valence-electron chi connectivity index (χ0n) is 15.2. The molecular formula is C19H29NO3S. The van der Waals surface area contributed by atoms with Crippen molar-refractivity contribution in [3.8, 4) is 0 Å². The summed E-state index contributed by atoms with van der Waals surface area (Å²) in [5.41, 5.74) is 1.87. The zero-order valence-corrected chi connectivity index (χ0v) is 16.0. The Morgan fingerprint density at radius 1 is 1.21 bits per heavy atom. The Bertz CT molecular complexity index is 672. The first-order valence-electron chi connectivity index (χ1n) is 8.76. The van der Waals surface area contributed by atoms with Crippen LogP contribution in [0.15, 0.2) is 24.3 Å². The minimum atomic E-state index is -3.00. The van der Waals surface area contributed by atoms with Gasteiger partial charge in [0.1, 0.15) is 0 Å². The smallest absolute Gasteiger partial charge is 0.254 e. The number of hydrogen-bond donors (Lipinski definition) is 0. The molecule has 1 fully saturated rings. The van der Waals surface area contributed by atoms with Crippen molar-refractivity contribution in [3.05, 3.63) is 35.4 Å². The Balaban J connectivity index is 2.21. The van der Waals surface area contributed by atoms with Crippen molar-refractivity contribution < 1.29 is 13.2 Å². The first-order chi connectivity index (χ1) is 11.1. The van der Waals surface area contributed by atoms with Gasteiger partial charge in [-0.05, 0) is 36.0 Å². The fraction of sp³-hybridized carbons (Fsp3) is 0.632. The molecular weight excluding hydrogens is 322 g/mol. The standard InChI is InChI=1S/C19H29NO3S/c1-5-6-12-20(17-11-13-24(22,23)14-17)18(21)15-7-9-16(10-8-15)19(2,3)4/h7-10,17H,5-6,11-14H2,1-4H3/t17-/m0/s1. The van der Waals surface area contributed by atoms with Crippen LogP contribution in [0.1, 0.15) is 62.9 Å². The Labute approximate surface area is 146 Å². The second-order valence-electron chi connectivity index (χ2n) is 7.74. The molecule has 1 aliphatic rings. The highest BCUT2D eigenvalue weighted by atomic mass is 32.2. The minimum absolute atomic E-state index is 0.0446. The zero-order chi connectivity index (χ0) is 18.0. The van der Waals surface area contributed by atoms with E-state index in [1.807, 2.05) is 24.3 Å². The van der Waals surface area contributed by atoms with E-state index in [-0.39, 0.29) is 28.9 Å². The van der Waals surface area contributed by atoms with Crippen LogP contribution in [-0.2, 0) is 15.3 Å². The molecule has 1 aromatic carbocycles. The third-order valence-corrected chi connectivity index (χ3v) is 6.41. The van der Waals surface area contributed by atoms with Crippen molar-refractivity contribution in [2.24, 2.45) is 0 Å². The summed E-state index contributed by atoms with van der Waals surface area (Å²) < 4.78 is 23.6. The van der Waals surface area contributed by atoms with Crippen LogP contribution in [-0.4, -0.2) is 43.3 Å². The first-order valence-corrected chi connectivity index (χ1v) is 10.6. The van der Waals surface area contributed by atoms with Gasteiger partial charge in [0.05, 0.1) is 11.5 Å². The molecule has 1 atom stereocenters. The normalized spacial score (nSPS) is 20.1. The molecule has 0 spiro atoms. The van der Waals surface area contributed by atoms with Gasteiger partial charge in [-0.15, -0.1) is 0 Å². The monoisotopic (exact) mass is 351 g/mol. The van der Waals surface area contributed by atoms with E-state index in [0.717, 1.165) is 12.8 Å². The van der Waals surface area contributed by atoms with Gasteiger partial charge >= 0.3 is 0 Å². The van der Waals surface area contributed by atoms with Crippen LogP contribution in [0, 0.1) is 0 Å². The molecule has 0 saturated carbocycles. The maximum absolute atomic E-state index is 12.9. The van der Waals surface area contributed by atoms with Gasteiger partial charge in [-0.1, -0.05) is 46.2 Å².